The summed E-state index contributed by atoms with van der Waals surface area (Å²) < 4.78 is 10.7. The molecular formula is C32H20N2O4. The lowest BCUT2D eigenvalue weighted by Gasteiger charge is -2.05. The van der Waals surface area contributed by atoms with E-state index in [0.29, 0.717) is 33.8 Å². The van der Waals surface area contributed by atoms with E-state index in [9.17, 15) is 20.1 Å². The highest BCUT2D eigenvalue weighted by atomic mass is 16.5. The number of allylic oxidation sites excluding steroid dienone is 2. The lowest BCUT2D eigenvalue weighted by Crippen LogP contribution is -2.07. The van der Waals surface area contributed by atoms with Gasteiger partial charge in [-0.3, -0.25) is 0 Å². The molecule has 0 aromatic heterocycles. The third-order valence-electron chi connectivity index (χ3n) is 5.35. The minimum Gasteiger partial charge on any atom is -0.423 e. The van der Waals surface area contributed by atoms with Crippen molar-refractivity contribution in [1.29, 1.82) is 10.5 Å². The largest absolute Gasteiger partial charge is 0.423 e. The maximum Gasteiger partial charge on any atom is 0.343 e. The van der Waals surface area contributed by atoms with Gasteiger partial charge in [-0.1, -0.05) is 60.7 Å². The number of carbonyl (C=O) groups excluding carboxylic acids is 2. The van der Waals surface area contributed by atoms with E-state index in [4.69, 9.17) is 9.47 Å². The fraction of sp³-hybridized carbons (Fsp3) is 0. The summed E-state index contributed by atoms with van der Waals surface area (Å²) in [6, 6.07) is 34.7. The van der Waals surface area contributed by atoms with Gasteiger partial charge in [0.25, 0.3) is 0 Å². The van der Waals surface area contributed by atoms with Gasteiger partial charge in [0.1, 0.15) is 23.6 Å². The Hall–Kier alpha value is -5.72. The van der Waals surface area contributed by atoms with Gasteiger partial charge < -0.3 is 9.47 Å². The fourth-order valence-electron chi connectivity index (χ4n) is 3.42. The van der Waals surface area contributed by atoms with Crippen LogP contribution in [0.3, 0.4) is 0 Å². The van der Waals surface area contributed by atoms with Gasteiger partial charge >= 0.3 is 11.9 Å². The third kappa shape index (κ3) is 6.69. The molecule has 6 heteroatoms. The summed E-state index contributed by atoms with van der Waals surface area (Å²) in [5, 5.41) is 19.4. The van der Waals surface area contributed by atoms with E-state index < -0.39 is 11.9 Å². The number of hydrogen-bond donors (Lipinski definition) is 0. The van der Waals surface area contributed by atoms with E-state index in [1.165, 1.54) is 0 Å². The van der Waals surface area contributed by atoms with E-state index in [1.54, 1.807) is 109 Å². The summed E-state index contributed by atoms with van der Waals surface area (Å²) in [5.74, 6) is -0.221. The molecule has 182 valence electrons. The Morgan fingerprint density at radius 1 is 0.526 bits per heavy atom. The molecule has 0 amide bonds. The van der Waals surface area contributed by atoms with E-state index in [-0.39, 0.29) is 11.1 Å². The van der Waals surface area contributed by atoms with Crippen molar-refractivity contribution in [3.63, 3.8) is 0 Å². The highest BCUT2D eigenvalue weighted by Gasteiger charge is 2.10. The van der Waals surface area contributed by atoms with Crippen LogP contribution in [-0.4, -0.2) is 11.9 Å². The Kier molecular flexibility index (Phi) is 8.22. The molecule has 6 nitrogen and oxygen atoms in total. The van der Waals surface area contributed by atoms with Crippen molar-refractivity contribution in [2.45, 2.75) is 0 Å². The summed E-state index contributed by atoms with van der Waals surface area (Å²) in [6.45, 7) is 0. The quantitative estimate of drug-likeness (QED) is 0.123. The number of benzene rings is 4. The predicted octanol–water partition coefficient (Wildman–Crippen LogP) is 6.64. The zero-order valence-corrected chi connectivity index (χ0v) is 20.1. The van der Waals surface area contributed by atoms with Crippen LogP contribution in [0.15, 0.2) is 120 Å². The zero-order chi connectivity index (χ0) is 26.7. The normalized spacial score (nSPS) is 11.1. The number of carbonyl (C=O) groups is 2. The van der Waals surface area contributed by atoms with Crippen molar-refractivity contribution < 1.29 is 19.1 Å². The van der Waals surface area contributed by atoms with Crippen LogP contribution in [-0.2, 0) is 0 Å². The second-order valence-corrected chi connectivity index (χ2v) is 7.99. The second kappa shape index (κ2) is 12.3. The Morgan fingerprint density at radius 2 is 0.868 bits per heavy atom. The van der Waals surface area contributed by atoms with Crippen LogP contribution in [0.1, 0.15) is 31.8 Å². The van der Waals surface area contributed by atoms with E-state index >= 15 is 0 Å². The molecule has 4 rings (SSSR count). The minimum atomic E-state index is -0.470. The smallest absolute Gasteiger partial charge is 0.343 e. The maximum atomic E-state index is 12.2. The molecule has 0 unspecified atom stereocenters. The monoisotopic (exact) mass is 496 g/mol. The van der Waals surface area contributed by atoms with Gasteiger partial charge in [-0.2, -0.15) is 10.5 Å². The summed E-state index contributed by atoms with van der Waals surface area (Å²) in [7, 11) is 0. The van der Waals surface area contributed by atoms with Crippen molar-refractivity contribution in [2.24, 2.45) is 0 Å². The van der Waals surface area contributed by atoms with Gasteiger partial charge in [-0.25, -0.2) is 9.59 Å². The fourth-order valence-corrected chi connectivity index (χ4v) is 3.42. The first kappa shape index (κ1) is 25.4. The van der Waals surface area contributed by atoms with Crippen LogP contribution < -0.4 is 9.47 Å². The molecule has 4 aromatic carbocycles. The van der Waals surface area contributed by atoms with Gasteiger partial charge in [0.2, 0.25) is 0 Å². The van der Waals surface area contributed by atoms with Crippen molar-refractivity contribution in [3.05, 3.63) is 143 Å². The van der Waals surface area contributed by atoms with E-state index in [2.05, 4.69) is 12.1 Å². The van der Waals surface area contributed by atoms with Gasteiger partial charge in [-0.15, -0.1) is 0 Å². The first-order valence-corrected chi connectivity index (χ1v) is 11.5. The Labute approximate surface area is 219 Å². The molecular weight excluding hydrogens is 476 g/mol. The highest BCUT2D eigenvalue weighted by molar-refractivity contribution is 5.91. The Morgan fingerprint density at radius 3 is 1.18 bits per heavy atom. The van der Waals surface area contributed by atoms with E-state index in [0.717, 1.165) is 0 Å². The molecule has 0 saturated heterocycles. The first-order valence-electron chi connectivity index (χ1n) is 11.5. The number of nitriles is 2. The highest BCUT2D eigenvalue weighted by Crippen LogP contribution is 2.22. The predicted molar refractivity (Wildman–Crippen MR) is 143 cm³/mol. The molecule has 0 spiro atoms. The first-order chi connectivity index (χ1) is 18.6. The molecule has 38 heavy (non-hydrogen) atoms. The van der Waals surface area contributed by atoms with Gasteiger partial charge in [0.15, 0.2) is 0 Å². The third-order valence-corrected chi connectivity index (χ3v) is 5.35. The Balaban J connectivity index is 1.45. The molecule has 0 atom stereocenters. The van der Waals surface area contributed by atoms with Crippen molar-refractivity contribution >= 4 is 24.1 Å². The summed E-state index contributed by atoms with van der Waals surface area (Å²) in [6.07, 6.45) is 3.15. The topological polar surface area (TPSA) is 100 Å². The number of rotatable bonds is 7. The Bertz CT molecular complexity index is 1450. The average molecular weight is 497 g/mol. The van der Waals surface area contributed by atoms with Crippen LogP contribution in [0.5, 0.6) is 11.5 Å². The number of hydrogen-bond acceptors (Lipinski definition) is 6. The standard InChI is InChI=1S/C32H20N2O4/c33-21-27(19-23-11-15-29(16-12-23)37-31(35)25-7-3-1-4-8-25)28(22-34)20-24-13-17-30(18-14-24)38-32(36)26-9-5-2-6-10-26/h1-20H/b27-19+,28-20+. The van der Waals surface area contributed by atoms with Crippen LogP contribution in [0.25, 0.3) is 12.2 Å². The van der Waals surface area contributed by atoms with E-state index in [1.807, 2.05) is 12.1 Å². The molecule has 0 saturated carbocycles. The molecule has 0 heterocycles. The second-order valence-electron chi connectivity index (χ2n) is 7.99. The van der Waals surface area contributed by atoms with Gasteiger partial charge in [0, 0.05) is 0 Å². The van der Waals surface area contributed by atoms with Crippen LogP contribution in [0.4, 0.5) is 0 Å². The van der Waals surface area contributed by atoms with Crippen LogP contribution >= 0.6 is 0 Å². The maximum absolute atomic E-state index is 12.2. The summed E-state index contributed by atoms with van der Waals surface area (Å²) in [5.41, 5.74) is 2.53. The number of nitrogens with zero attached hydrogens (tertiary/aromatic N) is 2. The number of ether oxygens (including phenoxy) is 2. The molecule has 0 aliphatic carbocycles. The number of esters is 2. The van der Waals surface area contributed by atoms with Gasteiger partial charge in [0.05, 0.1) is 22.3 Å². The lowest BCUT2D eigenvalue weighted by atomic mass is 10.0. The SMILES string of the molecule is N#CC(=C\c1ccc(OC(=O)c2ccccc2)cc1)/C(C#N)=C/c1ccc(OC(=O)c2ccccc2)cc1. The molecule has 0 bridgehead atoms. The summed E-state index contributed by atoms with van der Waals surface area (Å²) in [4.78, 5) is 24.4. The van der Waals surface area contributed by atoms with Crippen LogP contribution in [0, 0.1) is 22.7 Å². The van der Waals surface area contributed by atoms with Crippen molar-refractivity contribution in [2.75, 3.05) is 0 Å². The zero-order valence-electron chi connectivity index (χ0n) is 20.1. The lowest BCUT2D eigenvalue weighted by molar-refractivity contribution is 0.0725. The van der Waals surface area contributed by atoms with Crippen molar-refractivity contribution in [1.82, 2.24) is 0 Å². The van der Waals surface area contributed by atoms with Crippen molar-refractivity contribution in [3.8, 4) is 23.6 Å². The molecule has 0 aliphatic heterocycles. The minimum absolute atomic E-state index is 0.168. The molecule has 0 fully saturated rings. The molecule has 0 N–H and O–H groups in total. The van der Waals surface area contributed by atoms with Gasteiger partial charge in [-0.05, 0) is 71.8 Å². The molecule has 4 aromatic rings. The average Bonchev–Trinajstić information content (AvgIpc) is 2.97. The molecule has 0 radical (unpaired) electrons. The van der Waals surface area contributed by atoms with Crippen LogP contribution in [0.2, 0.25) is 0 Å². The molecule has 0 aliphatic rings. The summed E-state index contributed by atoms with van der Waals surface area (Å²) >= 11 is 0.